The van der Waals surface area contributed by atoms with Gasteiger partial charge in [0, 0.05) is 44.3 Å². The molecule has 0 bridgehead atoms. The van der Waals surface area contributed by atoms with Crippen molar-refractivity contribution in [3.63, 3.8) is 0 Å². The monoisotopic (exact) mass is 509 g/mol. The van der Waals surface area contributed by atoms with E-state index >= 15 is 0 Å². The van der Waals surface area contributed by atoms with Crippen molar-refractivity contribution in [2.24, 2.45) is 0 Å². The van der Waals surface area contributed by atoms with Gasteiger partial charge in [0.25, 0.3) is 0 Å². The Morgan fingerprint density at radius 2 is 1.32 bits per heavy atom. The van der Waals surface area contributed by atoms with Crippen LogP contribution in [-0.4, -0.2) is 11.8 Å². The summed E-state index contributed by atoms with van der Waals surface area (Å²) in [4.78, 5) is 0. The molecule has 0 fully saturated rings. The summed E-state index contributed by atoms with van der Waals surface area (Å²) >= 11 is 0. The van der Waals surface area contributed by atoms with E-state index in [1.807, 2.05) is 0 Å². The van der Waals surface area contributed by atoms with Crippen LogP contribution in [0.15, 0.2) is 115 Å². The zero-order chi connectivity index (χ0) is 26.6. The lowest BCUT2D eigenvalue weighted by molar-refractivity contribution is 0.631. The Kier molecular flexibility index (Phi) is 4.24. The lowest BCUT2D eigenvalue weighted by Gasteiger charge is -2.37. The van der Waals surface area contributed by atoms with Crippen molar-refractivity contribution in [3.8, 4) is 16.8 Å². The first-order valence-corrected chi connectivity index (χ1v) is 14.1. The molecule has 0 amide bonds. The van der Waals surface area contributed by atoms with Crippen LogP contribution < -0.4 is 16.2 Å². The summed E-state index contributed by atoms with van der Waals surface area (Å²) in [5.74, 6) is 0. The molecule has 9 rings (SSSR count). The Morgan fingerprint density at radius 3 is 2.20 bits per heavy atom. The van der Waals surface area contributed by atoms with E-state index in [-0.39, 0.29) is 5.41 Å². The highest BCUT2D eigenvalue weighted by Crippen LogP contribution is 2.50. The molecule has 2 nitrogen and oxygen atoms in total. The maximum atomic E-state index is 3.72. The van der Waals surface area contributed by atoms with Crippen molar-refractivity contribution in [1.82, 2.24) is 4.57 Å². The highest BCUT2D eigenvalue weighted by molar-refractivity contribution is 6.74. The van der Waals surface area contributed by atoms with Crippen LogP contribution in [0.25, 0.3) is 49.4 Å². The Hall–Kier alpha value is -4.76. The van der Waals surface area contributed by atoms with Gasteiger partial charge in [0.05, 0.1) is 5.52 Å². The van der Waals surface area contributed by atoms with E-state index in [4.69, 9.17) is 0 Å². The van der Waals surface area contributed by atoms with Crippen molar-refractivity contribution in [1.29, 1.82) is 0 Å². The fourth-order valence-electron chi connectivity index (χ4n) is 7.43. The summed E-state index contributed by atoms with van der Waals surface area (Å²) in [6.07, 6.45) is 0. The second-order valence-corrected chi connectivity index (χ2v) is 11.6. The standard InChI is InChI=1S/C37H26BN2/c1-37(2)27-18-10-17-26-32-24-15-7-6-14-23(24)31(25-16-8-9-21-30(25)39-22-12-4-3-5-13-22)33-36(32)40(34(26)27)35-28(37)19-11-20-29(35)38-33/h3-21,39H,1-2H3. The van der Waals surface area contributed by atoms with Gasteiger partial charge in [-0.15, -0.1) is 0 Å². The van der Waals surface area contributed by atoms with E-state index in [0.717, 1.165) is 11.4 Å². The summed E-state index contributed by atoms with van der Waals surface area (Å²) < 4.78 is 2.59. The minimum atomic E-state index is -0.0780. The molecule has 0 saturated carbocycles. The van der Waals surface area contributed by atoms with Crippen molar-refractivity contribution in [2.45, 2.75) is 19.3 Å². The van der Waals surface area contributed by atoms with Crippen molar-refractivity contribution in [3.05, 3.63) is 126 Å². The predicted molar refractivity (Wildman–Crippen MR) is 171 cm³/mol. The first-order valence-electron chi connectivity index (χ1n) is 14.1. The molecule has 3 heterocycles. The largest absolute Gasteiger partial charge is 0.355 e. The third-order valence-corrected chi connectivity index (χ3v) is 9.17. The average molecular weight is 509 g/mol. The van der Waals surface area contributed by atoms with Gasteiger partial charge in [-0.3, -0.25) is 0 Å². The van der Waals surface area contributed by atoms with Gasteiger partial charge in [-0.25, -0.2) is 0 Å². The first-order chi connectivity index (χ1) is 19.6. The number of rotatable bonds is 3. The molecule has 0 unspecified atom stereocenters. The molecule has 3 heteroatoms. The second kappa shape index (κ2) is 7.67. The minimum absolute atomic E-state index is 0.0780. The van der Waals surface area contributed by atoms with E-state index in [0.29, 0.717) is 0 Å². The maximum absolute atomic E-state index is 3.72. The number of benzene rings is 6. The molecule has 0 atom stereocenters. The fourth-order valence-corrected chi connectivity index (χ4v) is 7.43. The predicted octanol–water partition coefficient (Wildman–Crippen LogP) is 7.96. The summed E-state index contributed by atoms with van der Waals surface area (Å²) in [6.45, 7) is 4.76. The molecule has 2 aliphatic rings. The van der Waals surface area contributed by atoms with Crippen LogP contribution in [0.3, 0.4) is 0 Å². The Bertz CT molecular complexity index is 2190. The van der Waals surface area contributed by atoms with Crippen LogP contribution >= 0.6 is 0 Å². The van der Waals surface area contributed by atoms with E-state index in [9.17, 15) is 0 Å². The number of hydrogen-bond donors (Lipinski definition) is 1. The number of hydrogen-bond acceptors (Lipinski definition) is 1. The lowest BCUT2D eigenvalue weighted by atomic mass is 9.57. The highest BCUT2D eigenvalue weighted by Gasteiger charge is 2.39. The molecule has 2 aliphatic heterocycles. The van der Waals surface area contributed by atoms with Gasteiger partial charge in [-0.2, -0.15) is 0 Å². The summed E-state index contributed by atoms with van der Waals surface area (Å²) in [5, 5.41) is 9.01. The number of para-hydroxylation sites is 4. The maximum Gasteiger partial charge on any atom is 0.197 e. The van der Waals surface area contributed by atoms with Crippen LogP contribution in [0.1, 0.15) is 25.0 Å². The molecule has 0 saturated heterocycles. The smallest absolute Gasteiger partial charge is 0.197 e. The number of aromatic nitrogens is 1. The summed E-state index contributed by atoms with van der Waals surface area (Å²) in [6, 6.07) is 41.9. The molecule has 0 aliphatic carbocycles. The normalized spacial score (nSPS) is 14.2. The summed E-state index contributed by atoms with van der Waals surface area (Å²) in [7, 11) is 2.45. The zero-order valence-electron chi connectivity index (χ0n) is 22.5. The molecular formula is C37H26BN2. The Balaban J connectivity index is 1.49. The highest BCUT2D eigenvalue weighted by atomic mass is 15.0. The fraction of sp³-hybridized carbons (Fsp3) is 0.0811. The topological polar surface area (TPSA) is 17.0 Å². The Morgan fingerprint density at radius 1 is 0.625 bits per heavy atom. The van der Waals surface area contributed by atoms with E-state index in [1.54, 1.807) is 0 Å². The molecule has 1 radical (unpaired) electrons. The molecule has 0 spiro atoms. The number of fused-ring (bicyclic) bond motifs is 3. The third kappa shape index (κ3) is 2.70. The van der Waals surface area contributed by atoms with Gasteiger partial charge >= 0.3 is 0 Å². The lowest BCUT2D eigenvalue weighted by Crippen LogP contribution is -2.41. The SMILES string of the molecule is CC1(C)c2cccc3c2-n2c4c1cccc4c1c4ccccc4c(-c4ccccc4Nc4ccccc4)c(c12)[B]3. The second-order valence-electron chi connectivity index (χ2n) is 11.6. The van der Waals surface area contributed by atoms with Crippen LogP contribution in [0.4, 0.5) is 11.4 Å². The van der Waals surface area contributed by atoms with Crippen LogP contribution in [-0.2, 0) is 5.41 Å². The van der Waals surface area contributed by atoms with Crippen LogP contribution in [0.2, 0.25) is 0 Å². The van der Waals surface area contributed by atoms with E-state index in [1.165, 1.54) is 71.4 Å². The summed E-state index contributed by atoms with van der Waals surface area (Å²) in [5.41, 5.74) is 14.0. The molecule has 6 aromatic carbocycles. The Labute approximate surface area is 234 Å². The zero-order valence-corrected chi connectivity index (χ0v) is 22.5. The van der Waals surface area contributed by atoms with Gasteiger partial charge in [-0.05, 0) is 51.1 Å². The minimum Gasteiger partial charge on any atom is -0.355 e. The van der Waals surface area contributed by atoms with Gasteiger partial charge in [0.2, 0.25) is 0 Å². The number of anilines is 2. The number of nitrogens with one attached hydrogen (secondary N) is 1. The van der Waals surface area contributed by atoms with Crippen molar-refractivity contribution in [2.75, 3.05) is 5.32 Å². The quantitative estimate of drug-likeness (QED) is 0.239. The van der Waals surface area contributed by atoms with Gasteiger partial charge < -0.3 is 9.88 Å². The molecule has 1 aromatic heterocycles. The molecule has 1 N–H and O–H groups in total. The first kappa shape index (κ1) is 22.1. The number of nitrogens with zero attached hydrogens (tertiary/aromatic N) is 1. The van der Waals surface area contributed by atoms with Crippen molar-refractivity contribution >= 4 is 62.2 Å². The van der Waals surface area contributed by atoms with Crippen LogP contribution in [0, 0.1) is 0 Å². The van der Waals surface area contributed by atoms with E-state index < -0.39 is 0 Å². The van der Waals surface area contributed by atoms with Gasteiger partial charge in [0.15, 0.2) is 7.28 Å². The molecule has 40 heavy (non-hydrogen) atoms. The van der Waals surface area contributed by atoms with E-state index in [2.05, 4.69) is 146 Å². The molecule has 7 aromatic rings. The van der Waals surface area contributed by atoms with Gasteiger partial charge in [0.1, 0.15) is 0 Å². The van der Waals surface area contributed by atoms with Crippen LogP contribution in [0.5, 0.6) is 0 Å². The van der Waals surface area contributed by atoms with Gasteiger partial charge in [-0.1, -0.05) is 116 Å². The molecular weight excluding hydrogens is 483 g/mol. The third-order valence-electron chi connectivity index (χ3n) is 9.17. The van der Waals surface area contributed by atoms with Crippen molar-refractivity contribution < 1.29 is 0 Å². The average Bonchev–Trinajstić information content (AvgIpc) is 3.34. The molecule has 187 valence electrons.